The molecular weight excluding hydrogens is 232 g/mol. The Morgan fingerprint density at radius 2 is 1.89 bits per heavy atom. The maximum atomic E-state index is 12.1. The standard InChI is InChI=1S/C13H24N2O3/c1-4-10(11(16)17)15(3)12(18)14-13(2)8-6-5-7-9-13/h10H,4-9H2,1-3H3,(H,14,18)(H,16,17). The highest BCUT2D eigenvalue weighted by Gasteiger charge is 2.32. The number of carboxylic acid groups (broad SMARTS) is 1. The van der Waals surface area contributed by atoms with Crippen LogP contribution < -0.4 is 5.32 Å². The number of nitrogens with one attached hydrogen (secondary N) is 1. The summed E-state index contributed by atoms with van der Waals surface area (Å²) in [6.45, 7) is 3.81. The second kappa shape index (κ2) is 6.07. The lowest BCUT2D eigenvalue weighted by atomic mass is 9.83. The van der Waals surface area contributed by atoms with Gasteiger partial charge in [0.1, 0.15) is 6.04 Å². The van der Waals surface area contributed by atoms with Gasteiger partial charge < -0.3 is 15.3 Å². The molecule has 104 valence electrons. The van der Waals surface area contributed by atoms with Gasteiger partial charge in [-0.2, -0.15) is 0 Å². The second-order valence-corrected chi connectivity index (χ2v) is 5.42. The van der Waals surface area contributed by atoms with E-state index < -0.39 is 12.0 Å². The molecule has 0 heterocycles. The van der Waals surface area contributed by atoms with Crippen LogP contribution in [0.1, 0.15) is 52.4 Å². The molecule has 1 aliphatic carbocycles. The van der Waals surface area contributed by atoms with E-state index in [4.69, 9.17) is 5.11 Å². The average molecular weight is 256 g/mol. The lowest BCUT2D eigenvalue weighted by Crippen LogP contribution is -2.55. The van der Waals surface area contributed by atoms with Crippen molar-refractivity contribution in [1.29, 1.82) is 0 Å². The largest absolute Gasteiger partial charge is 0.480 e. The van der Waals surface area contributed by atoms with Crippen LogP contribution in [0.2, 0.25) is 0 Å². The summed E-state index contributed by atoms with van der Waals surface area (Å²) >= 11 is 0. The highest BCUT2D eigenvalue weighted by molar-refractivity contribution is 5.82. The van der Waals surface area contributed by atoms with Gasteiger partial charge in [0, 0.05) is 12.6 Å². The van der Waals surface area contributed by atoms with Crippen LogP contribution in [-0.4, -0.2) is 40.6 Å². The van der Waals surface area contributed by atoms with E-state index in [1.165, 1.54) is 11.3 Å². The average Bonchev–Trinajstić information content (AvgIpc) is 2.29. The smallest absolute Gasteiger partial charge is 0.326 e. The van der Waals surface area contributed by atoms with E-state index in [-0.39, 0.29) is 11.6 Å². The predicted octanol–water partition coefficient (Wildman–Crippen LogP) is 2.21. The molecule has 1 rings (SSSR count). The number of carbonyl (C=O) groups excluding carboxylic acids is 1. The van der Waals surface area contributed by atoms with Crippen LogP contribution in [-0.2, 0) is 4.79 Å². The van der Waals surface area contributed by atoms with Crippen molar-refractivity contribution in [3.63, 3.8) is 0 Å². The number of hydrogen-bond acceptors (Lipinski definition) is 2. The Labute approximate surface area is 109 Å². The van der Waals surface area contributed by atoms with Crippen molar-refractivity contribution in [1.82, 2.24) is 10.2 Å². The van der Waals surface area contributed by atoms with Crippen molar-refractivity contribution < 1.29 is 14.7 Å². The molecule has 0 saturated heterocycles. The minimum Gasteiger partial charge on any atom is -0.480 e. The summed E-state index contributed by atoms with van der Waals surface area (Å²) in [5, 5.41) is 12.0. The van der Waals surface area contributed by atoms with Crippen molar-refractivity contribution in [2.75, 3.05) is 7.05 Å². The first-order valence-electron chi connectivity index (χ1n) is 6.67. The molecule has 5 heteroatoms. The van der Waals surface area contributed by atoms with Crippen LogP contribution in [0, 0.1) is 0 Å². The van der Waals surface area contributed by atoms with Gasteiger partial charge >= 0.3 is 12.0 Å². The topological polar surface area (TPSA) is 69.6 Å². The number of carboxylic acids is 1. The number of urea groups is 1. The minimum atomic E-state index is -0.955. The molecule has 0 aromatic heterocycles. The second-order valence-electron chi connectivity index (χ2n) is 5.42. The third-order valence-electron chi connectivity index (χ3n) is 3.83. The number of rotatable bonds is 4. The Morgan fingerprint density at radius 3 is 2.33 bits per heavy atom. The first-order valence-corrected chi connectivity index (χ1v) is 6.67. The number of nitrogens with zero attached hydrogens (tertiary/aromatic N) is 1. The number of likely N-dealkylation sites (N-methyl/N-ethyl adjacent to an activating group) is 1. The minimum absolute atomic E-state index is 0.180. The van der Waals surface area contributed by atoms with Gasteiger partial charge in [-0.15, -0.1) is 0 Å². The summed E-state index contributed by atoms with van der Waals surface area (Å²) in [4.78, 5) is 24.4. The fourth-order valence-corrected chi connectivity index (χ4v) is 2.56. The predicted molar refractivity (Wildman–Crippen MR) is 69.5 cm³/mol. The van der Waals surface area contributed by atoms with E-state index in [1.807, 2.05) is 6.92 Å². The van der Waals surface area contributed by atoms with Gasteiger partial charge in [-0.1, -0.05) is 26.2 Å². The van der Waals surface area contributed by atoms with E-state index in [0.29, 0.717) is 6.42 Å². The van der Waals surface area contributed by atoms with Gasteiger partial charge in [-0.05, 0) is 26.2 Å². The van der Waals surface area contributed by atoms with Crippen molar-refractivity contribution in [2.45, 2.75) is 64.0 Å². The van der Waals surface area contributed by atoms with Crippen LogP contribution in [0.5, 0.6) is 0 Å². The molecule has 0 aromatic carbocycles. The molecule has 1 fully saturated rings. The lowest BCUT2D eigenvalue weighted by molar-refractivity contribution is -0.141. The summed E-state index contributed by atoms with van der Waals surface area (Å²) in [5.74, 6) is -0.955. The third kappa shape index (κ3) is 3.62. The third-order valence-corrected chi connectivity index (χ3v) is 3.83. The number of carbonyl (C=O) groups is 2. The van der Waals surface area contributed by atoms with Gasteiger partial charge in [-0.3, -0.25) is 0 Å². The Kier molecular flexibility index (Phi) is 4.99. The fourth-order valence-electron chi connectivity index (χ4n) is 2.56. The van der Waals surface area contributed by atoms with Crippen molar-refractivity contribution in [2.24, 2.45) is 0 Å². The fraction of sp³-hybridized carbons (Fsp3) is 0.846. The van der Waals surface area contributed by atoms with Crippen molar-refractivity contribution in [3.05, 3.63) is 0 Å². The molecule has 2 N–H and O–H groups in total. The van der Waals surface area contributed by atoms with E-state index >= 15 is 0 Å². The number of aliphatic carboxylic acids is 1. The molecule has 0 bridgehead atoms. The maximum Gasteiger partial charge on any atom is 0.326 e. The Hall–Kier alpha value is -1.26. The molecule has 2 amide bonds. The van der Waals surface area contributed by atoms with E-state index in [9.17, 15) is 9.59 Å². The zero-order valence-corrected chi connectivity index (χ0v) is 11.5. The molecule has 5 nitrogen and oxygen atoms in total. The number of hydrogen-bond donors (Lipinski definition) is 2. The maximum absolute atomic E-state index is 12.1. The van der Waals surface area contributed by atoms with Crippen LogP contribution in [0.25, 0.3) is 0 Å². The Morgan fingerprint density at radius 1 is 1.33 bits per heavy atom. The molecule has 0 aliphatic heterocycles. The van der Waals surface area contributed by atoms with Gasteiger partial charge in [0.05, 0.1) is 0 Å². The molecule has 0 aromatic rings. The van der Waals surface area contributed by atoms with Crippen LogP contribution in [0.4, 0.5) is 4.79 Å². The molecule has 1 atom stereocenters. The molecule has 1 aliphatic rings. The lowest BCUT2D eigenvalue weighted by Gasteiger charge is -2.37. The summed E-state index contributed by atoms with van der Waals surface area (Å²) in [5.41, 5.74) is -0.180. The van der Waals surface area contributed by atoms with Crippen molar-refractivity contribution >= 4 is 12.0 Å². The monoisotopic (exact) mass is 256 g/mol. The van der Waals surface area contributed by atoms with E-state index in [2.05, 4.69) is 5.32 Å². The Balaban J connectivity index is 2.60. The molecule has 1 saturated carbocycles. The zero-order valence-electron chi connectivity index (χ0n) is 11.5. The normalized spacial score (nSPS) is 19.9. The van der Waals surface area contributed by atoms with Gasteiger partial charge in [0.25, 0.3) is 0 Å². The first kappa shape index (κ1) is 14.8. The molecular formula is C13H24N2O3. The molecule has 0 spiro atoms. The molecule has 1 unspecified atom stereocenters. The highest BCUT2D eigenvalue weighted by Crippen LogP contribution is 2.27. The quantitative estimate of drug-likeness (QED) is 0.810. The SMILES string of the molecule is CCC(C(=O)O)N(C)C(=O)NC1(C)CCCCC1. The van der Waals surface area contributed by atoms with Crippen molar-refractivity contribution in [3.8, 4) is 0 Å². The van der Waals surface area contributed by atoms with E-state index in [0.717, 1.165) is 25.7 Å². The van der Waals surface area contributed by atoms with Gasteiger partial charge in [0.15, 0.2) is 0 Å². The Bertz CT molecular complexity index is 311. The van der Waals surface area contributed by atoms with Gasteiger partial charge in [-0.25, -0.2) is 9.59 Å². The van der Waals surface area contributed by atoms with Gasteiger partial charge in [0.2, 0.25) is 0 Å². The molecule has 0 radical (unpaired) electrons. The van der Waals surface area contributed by atoms with E-state index in [1.54, 1.807) is 14.0 Å². The summed E-state index contributed by atoms with van der Waals surface area (Å²) in [7, 11) is 1.55. The summed E-state index contributed by atoms with van der Waals surface area (Å²) < 4.78 is 0. The summed E-state index contributed by atoms with van der Waals surface area (Å²) in [6.07, 6.45) is 5.81. The van der Waals surface area contributed by atoms with Crippen LogP contribution in [0.3, 0.4) is 0 Å². The van der Waals surface area contributed by atoms with Crippen LogP contribution in [0.15, 0.2) is 0 Å². The number of amides is 2. The first-order chi connectivity index (χ1) is 8.39. The zero-order chi connectivity index (χ0) is 13.8. The summed E-state index contributed by atoms with van der Waals surface area (Å²) in [6, 6.07) is -1.04. The van der Waals surface area contributed by atoms with Crippen LogP contribution >= 0.6 is 0 Å². The highest BCUT2D eigenvalue weighted by atomic mass is 16.4. The molecule has 18 heavy (non-hydrogen) atoms.